The number of ether oxygens (including phenoxy) is 1. The number of anilines is 1. The molecule has 2 aromatic carbocycles. The van der Waals surface area contributed by atoms with Gasteiger partial charge in [-0.25, -0.2) is 8.42 Å². The average molecular weight is 536 g/mol. The summed E-state index contributed by atoms with van der Waals surface area (Å²) in [6, 6.07) is 13.5. The molecule has 0 aromatic heterocycles. The normalized spacial score (nSPS) is 14.8. The number of methoxy groups -OCH3 is 1. The first-order chi connectivity index (χ1) is 17.1. The Balaban J connectivity index is 1.84. The molecule has 196 valence electrons. The van der Waals surface area contributed by atoms with E-state index < -0.39 is 28.5 Å². The van der Waals surface area contributed by atoms with Crippen molar-refractivity contribution < 1.29 is 22.7 Å². The van der Waals surface area contributed by atoms with E-state index in [1.807, 2.05) is 30.3 Å². The zero-order chi connectivity index (χ0) is 26.3. The molecule has 0 aliphatic heterocycles. The second-order valence-electron chi connectivity index (χ2n) is 9.08. The molecule has 0 bridgehead atoms. The smallest absolute Gasteiger partial charge is 0.244 e. The maximum atomic E-state index is 13.6. The number of carbonyl (C=O) groups is 2. The van der Waals surface area contributed by atoms with E-state index in [1.54, 1.807) is 13.0 Å². The van der Waals surface area contributed by atoms with Crippen LogP contribution in [-0.4, -0.2) is 63.7 Å². The van der Waals surface area contributed by atoms with Crippen LogP contribution in [0.4, 0.5) is 5.69 Å². The minimum atomic E-state index is -3.83. The van der Waals surface area contributed by atoms with Gasteiger partial charge in [-0.15, -0.1) is 0 Å². The molecule has 1 atom stereocenters. The predicted octanol–water partition coefficient (Wildman–Crippen LogP) is 3.63. The Morgan fingerprint density at radius 1 is 1.14 bits per heavy atom. The first-order valence-corrected chi connectivity index (χ1v) is 14.3. The average Bonchev–Trinajstić information content (AvgIpc) is 3.35. The predicted molar refractivity (Wildman–Crippen MR) is 142 cm³/mol. The number of amides is 2. The molecule has 3 rings (SSSR count). The van der Waals surface area contributed by atoms with Gasteiger partial charge in [0.05, 0.1) is 24.1 Å². The second kappa shape index (κ2) is 12.5. The first kappa shape index (κ1) is 27.8. The number of hydrogen-bond donors (Lipinski definition) is 1. The van der Waals surface area contributed by atoms with E-state index in [0.717, 1.165) is 41.8 Å². The third-order valence-electron chi connectivity index (χ3n) is 6.46. The van der Waals surface area contributed by atoms with Crippen LogP contribution in [0.2, 0.25) is 5.02 Å². The van der Waals surface area contributed by atoms with Crippen molar-refractivity contribution in [1.82, 2.24) is 10.2 Å². The van der Waals surface area contributed by atoms with Crippen LogP contribution in [0.15, 0.2) is 48.5 Å². The van der Waals surface area contributed by atoms with Crippen molar-refractivity contribution in [2.24, 2.45) is 0 Å². The van der Waals surface area contributed by atoms with Crippen molar-refractivity contribution in [1.29, 1.82) is 0 Å². The summed E-state index contributed by atoms with van der Waals surface area (Å²) in [5.41, 5.74) is 1.25. The number of halogens is 1. The van der Waals surface area contributed by atoms with Gasteiger partial charge in [0.25, 0.3) is 0 Å². The maximum absolute atomic E-state index is 13.6. The van der Waals surface area contributed by atoms with Gasteiger partial charge in [-0.1, -0.05) is 54.8 Å². The lowest BCUT2D eigenvalue weighted by atomic mass is 10.1. The van der Waals surface area contributed by atoms with Gasteiger partial charge in [-0.05, 0) is 49.9 Å². The van der Waals surface area contributed by atoms with Gasteiger partial charge in [0.15, 0.2) is 0 Å². The number of sulfonamides is 1. The van der Waals surface area contributed by atoms with Gasteiger partial charge in [0.2, 0.25) is 21.8 Å². The van der Waals surface area contributed by atoms with E-state index in [9.17, 15) is 18.0 Å². The van der Waals surface area contributed by atoms with Crippen molar-refractivity contribution in [3.05, 3.63) is 59.1 Å². The van der Waals surface area contributed by atoms with E-state index in [-0.39, 0.29) is 29.2 Å². The molecule has 2 aromatic rings. The Labute approximate surface area is 218 Å². The summed E-state index contributed by atoms with van der Waals surface area (Å²) < 4.78 is 31.5. The molecule has 2 amide bonds. The van der Waals surface area contributed by atoms with Crippen LogP contribution in [0.25, 0.3) is 0 Å². The molecule has 0 saturated heterocycles. The van der Waals surface area contributed by atoms with Crippen molar-refractivity contribution >= 4 is 39.1 Å². The Kier molecular flexibility index (Phi) is 9.62. The highest BCUT2D eigenvalue weighted by molar-refractivity contribution is 7.92. The molecule has 1 aliphatic rings. The molecule has 36 heavy (non-hydrogen) atoms. The summed E-state index contributed by atoms with van der Waals surface area (Å²) in [5.74, 6) is -0.319. The third-order valence-corrected chi connectivity index (χ3v) is 7.89. The number of rotatable bonds is 11. The Morgan fingerprint density at radius 3 is 2.39 bits per heavy atom. The van der Waals surface area contributed by atoms with E-state index in [2.05, 4.69) is 5.32 Å². The van der Waals surface area contributed by atoms with Gasteiger partial charge in [0, 0.05) is 12.6 Å². The highest BCUT2D eigenvalue weighted by Crippen LogP contribution is 2.30. The lowest BCUT2D eigenvalue weighted by molar-refractivity contribution is -0.139. The maximum Gasteiger partial charge on any atom is 0.244 e. The van der Waals surface area contributed by atoms with Gasteiger partial charge < -0.3 is 15.0 Å². The van der Waals surface area contributed by atoms with Gasteiger partial charge in [-0.3, -0.25) is 13.9 Å². The van der Waals surface area contributed by atoms with E-state index >= 15 is 0 Å². The van der Waals surface area contributed by atoms with Gasteiger partial charge >= 0.3 is 0 Å². The fourth-order valence-corrected chi connectivity index (χ4v) is 5.48. The highest BCUT2D eigenvalue weighted by atomic mass is 35.5. The molecule has 1 N–H and O–H groups in total. The monoisotopic (exact) mass is 535 g/mol. The van der Waals surface area contributed by atoms with E-state index in [0.29, 0.717) is 12.2 Å². The molecule has 1 fully saturated rings. The molecule has 0 heterocycles. The number of nitrogens with one attached hydrogen (secondary N) is 1. The standard InChI is InChI=1S/C26H34ClN3O5S/c1-19(26(32)28-21-11-7-8-12-21)29(16-15-20-9-5-4-6-10-20)25(31)18-30(36(3,33)34)22-13-14-24(35-2)23(27)17-22/h4-6,9-10,13-14,17,19,21H,7-8,11-12,15-16,18H2,1-3H3,(H,28,32)/t19-/m1/s1. The zero-order valence-electron chi connectivity index (χ0n) is 20.9. The fraction of sp³-hybridized carbons (Fsp3) is 0.462. The summed E-state index contributed by atoms with van der Waals surface area (Å²) in [7, 11) is -2.37. The highest BCUT2D eigenvalue weighted by Gasteiger charge is 2.31. The minimum absolute atomic E-state index is 0.111. The van der Waals surface area contributed by atoms with Gasteiger partial charge in [-0.2, -0.15) is 0 Å². The molecule has 0 unspecified atom stereocenters. The molecule has 0 spiro atoms. The summed E-state index contributed by atoms with van der Waals surface area (Å²) in [6.45, 7) is 1.49. The van der Waals surface area contributed by atoms with Crippen LogP contribution in [0, 0.1) is 0 Å². The fourth-order valence-electron chi connectivity index (χ4n) is 4.39. The zero-order valence-corrected chi connectivity index (χ0v) is 22.5. The molecular weight excluding hydrogens is 502 g/mol. The van der Waals surface area contributed by atoms with E-state index in [4.69, 9.17) is 16.3 Å². The van der Waals surface area contributed by atoms with Crippen LogP contribution in [0.5, 0.6) is 5.75 Å². The second-order valence-corrected chi connectivity index (χ2v) is 11.4. The number of nitrogens with zero attached hydrogens (tertiary/aromatic N) is 2. The number of carbonyl (C=O) groups excluding carboxylic acids is 2. The lowest BCUT2D eigenvalue weighted by Crippen LogP contribution is -2.53. The first-order valence-electron chi connectivity index (χ1n) is 12.0. The summed E-state index contributed by atoms with van der Waals surface area (Å²) in [4.78, 5) is 28.1. The van der Waals surface area contributed by atoms with Crippen LogP contribution in [0.1, 0.15) is 38.2 Å². The van der Waals surface area contributed by atoms with Crippen molar-refractivity contribution in [3.8, 4) is 5.75 Å². The Morgan fingerprint density at radius 2 is 1.81 bits per heavy atom. The lowest BCUT2D eigenvalue weighted by Gasteiger charge is -2.32. The molecule has 0 radical (unpaired) electrons. The van der Waals surface area contributed by atoms with Crippen LogP contribution in [0.3, 0.4) is 0 Å². The largest absolute Gasteiger partial charge is 0.495 e. The number of hydrogen-bond acceptors (Lipinski definition) is 5. The molecule has 1 aliphatic carbocycles. The molecule has 8 nitrogen and oxygen atoms in total. The molecule has 10 heteroatoms. The Hall–Kier alpha value is -2.78. The van der Waals surface area contributed by atoms with Crippen molar-refractivity contribution in [2.75, 3.05) is 30.8 Å². The SMILES string of the molecule is COc1ccc(N(CC(=O)N(CCc2ccccc2)[C@H](C)C(=O)NC2CCCC2)S(C)(=O)=O)cc1Cl. The number of benzene rings is 2. The van der Waals surface area contributed by atoms with Crippen molar-refractivity contribution in [3.63, 3.8) is 0 Å². The Bertz CT molecular complexity index is 1150. The minimum Gasteiger partial charge on any atom is -0.495 e. The van der Waals surface area contributed by atoms with Crippen LogP contribution < -0.4 is 14.4 Å². The molecular formula is C26H34ClN3O5S. The summed E-state index contributed by atoms with van der Waals surface area (Å²) in [6.07, 6.45) is 5.56. The van der Waals surface area contributed by atoms with Crippen LogP contribution >= 0.6 is 11.6 Å². The van der Waals surface area contributed by atoms with Gasteiger partial charge in [0.1, 0.15) is 18.3 Å². The van der Waals surface area contributed by atoms with Crippen molar-refractivity contribution in [2.45, 2.75) is 51.1 Å². The summed E-state index contributed by atoms with van der Waals surface area (Å²) >= 11 is 6.22. The summed E-state index contributed by atoms with van der Waals surface area (Å²) in [5, 5.41) is 3.27. The van der Waals surface area contributed by atoms with E-state index in [1.165, 1.54) is 24.1 Å². The van der Waals surface area contributed by atoms with Crippen LogP contribution in [-0.2, 0) is 26.0 Å². The topological polar surface area (TPSA) is 96.0 Å². The molecule has 1 saturated carbocycles. The quantitative estimate of drug-likeness (QED) is 0.474. The third kappa shape index (κ3) is 7.36.